The van der Waals surface area contributed by atoms with E-state index < -0.39 is 29.2 Å². The minimum Gasteiger partial charge on any atom is -0.393 e. The molecule has 25 heavy (non-hydrogen) atoms. The third-order valence-electron chi connectivity index (χ3n) is 5.48. The number of rotatable bonds is 5. The molecule has 1 fully saturated rings. The molecule has 0 aliphatic carbocycles. The van der Waals surface area contributed by atoms with Crippen LogP contribution in [-0.2, 0) is 19.7 Å². The molecule has 3 atom stereocenters. The fourth-order valence-corrected chi connectivity index (χ4v) is 4.10. The van der Waals surface area contributed by atoms with Crippen LogP contribution in [-0.4, -0.2) is 11.9 Å². The van der Waals surface area contributed by atoms with E-state index in [9.17, 15) is 9.59 Å². The topological polar surface area (TPSA) is 43.4 Å². The van der Waals surface area contributed by atoms with Gasteiger partial charge in [0, 0.05) is 5.41 Å². The molecule has 3 nitrogen and oxygen atoms in total. The van der Waals surface area contributed by atoms with Crippen molar-refractivity contribution in [1.82, 2.24) is 0 Å². The van der Waals surface area contributed by atoms with Crippen molar-refractivity contribution in [3.05, 3.63) is 71.8 Å². The Morgan fingerprint density at radius 3 is 2.04 bits per heavy atom. The Bertz CT molecular complexity index is 749. The second kappa shape index (κ2) is 6.83. The highest BCUT2D eigenvalue weighted by molar-refractivity contribution is 5.98. The van der Waals surface area contributed by atoms with Gasteiger partial charge < -0.3 is 4.74 Å². The summed E-state index contributed by atoms with van der Waals surface area (Å²) in [5, 5.41) is 0. The molecular formula is C22H24O3. The molecule has 0 saturated carbocycles. The van der Waals surface area contributed by atoms with Crippen molar-refractivity contribution >= 4 is 11.9 Å². The molecule has 130 valence electrons. The van der Waals surface area contributed by atoms with Crippen LogP contribution in [0.15, 0.2) is 60.7 Å². The van der Waals surface area contributed by atoms with Gasteiger partial charge in [0.05, 0.1) is 11.8 Å². The molecule has 1 aliphatic rings. The molecule has 0 radical (unpaired) electrons. The lowest BCUT2D eigenvalue weighted by atomic mass is 9.64. The largest absolute Gasteiger partial charge is 0.393 e. The lowest BCUT2D eigenvalue weighted by Gasteiger charge is -2.35. The monoisotopic (exact) mass is 336 g/mol. The molecule has 3 unspecified atom stereocenters. The average molecular weight is 336 g/mol. The third kappa shape index (κ3) is 3.11. The average Bonchev–Trinajstić information content (AvgIpc) is 2.92. The van der Waals surface area contributed by atoms with Gasteiger partial charge in [-0.2, -0.15) is 0 Å². The maximum absolute atomic E-state index is 12.6. The predicted molar refractivity (Wildman–Crippen MR) is 97.0 cm³/mol. The zero-order chi connectivity index (χ0) is 18.0. The molecule has 3 heteroatoms. The minimum atomic E-state index is -0.493. The Labute approximate surface area is 149 Å². The van der Waals surface area contributed by atoms with Gasteiger partial charge in [0.15, 0.2) is 0 Å². The summed E-state index contributed by atoms with van der Waals surface area (Å²) in [5.41, 5.74) is 1.63. The normalized spacial score (nSPS) is 21.9. The summed E-state index contributed by atoms with van der Waals surface area (Å²) < 4.78 is 5.12. The zero-order valence-corrected chi connectivity index (χ0v) is 14.9. The minimum absolute atomic E-state index is 0.0341. The van der Waals surface area contributed by atoms with E-state index in [1.165, 1.54) is 0 Å². The molecule has 2 aromatic carbocycles. The van der Waals surface area contributed by atoms with Crippen molar-refractivity contribution in [3.8, 4) is 0 Å². The first kappa shape index (κ1) is 17.4. The number of ether oxygens (including phenoxy) is 1. The highest BCUT2D eigenvalue weighted by atomic mass is 16.6. The van der Waals surface area contributed by atoms with E-state index >= 15 is 0 Å². The lowest BCUT2D eigenvalue weighted by molar-refractivity contribution is -0.154. The number of carbonyl (C=O) groups is 2. The molecule has 0 amide bonds. The number of cyclic esters (lactones) is 2. The molecule has 0 bridgehead atoms. The maximum atomic E-state index is 12.6. The summed E-state index contributed by atoms with van der Waals surface area (Å²) in [5.74, 6) is -1.79. The first-order chi connectivity index (χ1) is 12.0. The second-order valence-corrected chi connectivity index (χ2v) is 7.26. The Morgan fingerprint density at radius 1 is 0.920 bits per heavy atom. The first-order valence-corrected chi connectivity index (χ1v) is 8.82. The summed E-state index contributed by atoms with van der Waals surface area (Å²) in [6, 6.07) is 19.8. The van der Waals surface area contributed by atoms with Crippen LogP contribution in [0.5, 0.6) is 0 Å². The molecule has 2 aromatic rings. The van der Waals surface area contributed by atoms with Gasteiger partial charge in [0.1, 0.15) is 0 Å². The second-order valence-electron chi connectivity index (χ2n) is 7.26. The van der Waals surface area contributed by atoms with E-state index in [4.69, 9.17) is 4.74 Å². The summed E-state index contributed by atoms with van der Waals surface area (Å²) in [4.78, 5) is 25.2. The summed E-state index contributed by atoms with van der Waals surface area (Å²) >= 11 is 0. The third-order valence-corrected chi connectivity index (χ3v) is 5.48. The number of esters is 2. The van der Waals surface area contributed by atoms with Crippen molar-refractivity contribution in [3.63, 3.8) is 0 Å². The van der Waals surface area contributed by atoms with Crippen LogP contribution in [0.2, 0.25) is 0 Å². The van der Waals surface area contributed by atoms with Crippen LogP contribution in [0.1, 0.15) is 44.2 Å². The smallest absolute Gasteiger partial charge is 0.318 e. The van der Waals surface area contributed by atoms with Gasteiger partial charge in [-0.1, -0.05) is 81.4 Å². The van der Waals surface area contributed by atoms with Crippen LogP contribution in [0.4, 0.5) is 0 Å². The Morgan fingerprint density at radius 2 is 1.48 bits per heavy atom. The Balaban J connectivity index is 2.04. The molecule has 1 heterocycles. The van der Waals surface area contributed by atoms with Gasteiger partial charge in [0.2, 0.25) is 0 Å². The van der Waals surface area contributed by atoms with Gasteiger partial charge in [-0.05, 0) is 23.5 Å². The molecule has 3 rings (SSSR count). The molecule has 0 aromatic heterocycles. The Kier molecular flexibility index (Phi) is 4.76. The molecule has 1 aliphatic heterocycles. The van der Waals surface area contributed by atoms with E-state index in [2.05, 4.69) is 6.92 Å². The fraction of sp³-hybridized carbons (Fsp3) is 0.364. The van der Waals surface area contributed by atoms with Gasteiger partial charge >= 0.3 is 11.9 Å². The van der Waals surface area contributed by atoms with Crippen molar-refractivity contribution in [1.29, 1.82) is 0 Å². The lowest BCUT2D eigenvalue weighted by Crippen LogP contribution is -2.39. The summed E-state index contributed by atoms with van der Waals surface area (Å²) in [7, 11) is 0. The van der Waals surface area contributed by atoms with E-state index in [0.29, 0.717) is 0 Å². The van der Waals surface area contributed by atoms with Gasteiger partial charge in [0.25, 0.3) is 0 Å². The van der Waals surface area contributed by atoms with Gasteiger partial charge in [-0.15, -0.1) is 0 Å². The van der Waals surface area contributed by atoms with E-state index in [-0.39, 0.29) is 5.92 Å². The van der Waals surface area contributed by atoms with Crippen molar-refractivity contribution < 1.29 is 14.3 Å². The molecule has 0 spiro atoms. The van der Waals surface area contributed by atoms with Crippen LogP contribution in [0.25, 0.3) is 0 Å². The van der Waals surface area contributed by atoms with E-state index in [1.54, 1.807) is 0 Å². The molecule has 0 N–H and O–H groups in total. The summed E-state index contributed by atoms with van der Waals surface area (Å²) in [6.07, 6.45) is 0.776. The Hall–Kier alpha value is -2.42. The number of benzene rings is 2. The van der Waals surface area contributed by atoms with Crippen LogP contribution < -0.4 is 0 Å². The van der Waals surface area contributed by atoms with Crippen LogP contribution in [0.3, 0.4) is 0 Å². The van der Waals surface area contributed by atoms with E-state index in [1.807, 2.05) is 74.5 Å². The van der Waals surface area contributed by atoms with Crippen molar-refractivity contribution in [2.75, 3.05) is 0 Å². The fourth-order valence-electron chi connectivity index (χ4n) is 4.10. The van der Waals surface area contributed by atoms with Crippen molar-refractivity contribution in [2.24, 2.45) is 11.8 Å². The summed E-state index contributed by atoms with van der Waals surface area (Å²) in [6.45, 7) is 6.11. The van der Waals surface area contributed by atoms with Crippen LogP contribution >= 0.6 is 0 Å². The first-order valence-electron chi connectivity index (χ1n) is 8.82. The maximum Gasteiger partial charge on any atom is 0.318 e. The highest BCUT2D eigenvalue weighted by Gasteiger charge is 2.55. The number of hydrogen-bond acceptors (Lipinski definition) is 3. The standard InChI is InChI=1S/C22H24O3/c1-4-17(15-11-7-5-8-12-15)18-19(21(24)25-20(18)23)22(2,3)16-13-9-6-10-14-16/h5-14,17-19H,4H2,1-3H3. The quantitative estimate of drug-likeness (QED) is 0.597. The van der Waals surface area contributed by atoms with Gasteiger partial charge in [-0.25, -0.2) is 0 Å². The number of carbonyl (C=O) groups excluding carboxylic acids is 2. The van der Waals surface area contributed by atoms with Crippen molar-refractivity contribution in [2.45, 2.75) is 38.5 Å². The highest BCUT2D eigenvalue weighted by Crippen LogP contribution is 2.47. The van der Waals surface area contributed by atoms with Crippen LogP contribution in [0, 0.1) is 11.8 Å². The predicted octanol–water partition coefficient (Wildman–Crippen LogP) is 4.47. The van der Waals surface area contributed by atoms with E-state index in [0.717, 1.165) is 17.5 Å². The SMILES string of the molecule is CCC(c1ccccc1)C1C(=O)OC(=O)C1C(C)(C)c1ccccc1. The molecular weight excluding hydrogens is 312 g/mol. The zero-order valence-electron chi connectivity index (χ0n) is 14.9. The molecule has 1 saturated heterocycles. The van der Waals surface area contributed by atoms with Gasteiger partial charge in [-0.3, -0.25) is 9.59 Å². The number of hydrogen-bond donors (Lipinski definition) is 0.